The molecule has 22 heavy (non-hydrogen) atoms. The van der Waals surface area contributed by atoms with E-state index in [1.54, 1.807) is 6.07 Å². The van der Waals surface area contributed by atoms with Crippen LogP contribution >= 0.6 is 0 Å². The zero-order valence-corrected chi connectivity index (χ0v) is 12.5. The lowest BCUT2D eigenvalue weighted by Crippen LogP contribution is -3.06. The molecule has 0 saturated carbocycles. The van der Waals surface area contributed by atoms with Crippen molar-refractivity contribution in [3.05, 3.63) is 77.6 Å². The fourth-order valence-corrected chi connectivity index (χ4v) is 2.83. The minimum Gasteiger partial charge on any atom is -0.507 e. The van der Waals surface area contributed by atoms with Crippen molar-refractivity contribution in [2.45, 2.75) is 13.1 Å². The van der Waals surface area contributed by atoms with Crippen molar-refractivity contribution in [3.63, 3.8) is 0 Å². The summed E-state index contributed by atoms with van der Waals surface area (Å²) in [4.78, 5) is 1.23. The van der Waals surface area contributed by atoms with Crippen molar-refractivity contribution in [3.8, 4) is 5.75 Å². The molecule has 1 unspecified atom stereocenters. The van der Waals surface area contributed by atoms with Gasteiger partial charge in [0.05, 0.1) is 12.6 Å². The van der Waals surface area contributed by atoms with Crippen molar-refractivity contribution in [2.75, 3.05) is 7.05 Å². The van der Waals surface area contributed by atoms with Gasteiger partial charge in [0.25, 0.3) is 0 Å². The Kier molecular flexibility index (Phi) is 4.07. The molecule has 112 valence electrons. The van der Waals surface area contributed by atoms with Crippen LogP contribution in [0.25, 0.3) is 10.8 Å². The van der Waals surface area contributed by atoms with Gasteiger partial charge in [0.2, 0.25) is 0 Å². The third-order valence-corrected chi connectivity index (χ3v) is 3.91. The largest absolute Gasteiger partial charge is 0.507 e. The van der Waals surface area contributed by atoms with E-state index in [0.717, 1.165) is 28.4 Å². The summed E-state index contributed by atoms with van der Waals surface area (Å²) < 4.78 is 13.0. The molecule has 0 aliphatic rings. The Balaban J connectivity index is 1.83. The van der Waals surface area contributed by atoms with E-state index in [0.29, 0.717) is 12.3 Å². The number of phenolic OH excluding ortho intramolecular Hbond substituents is 1. The Hall–Kier alpha value is -2.39. The molecule has 3 rings (SSSR count). The van der Waals surface area contributed by atoms with Crippen LogP contribution in [0.4, 0.5) is 4.39 Å². The number of benzene rings is 3. The maximum atomic E-state index is 13.0. The molecule has 0 bridgehead atoms. The quantitative estimate of drug-likeness (QED) is 0.760. The lowest BCUT2D eigenvalue weighted by atomic mass is 10.0. The highest BCUT2D eigenvalue weighted by atomic mass is 19.1. The average molecular weight is 296 g/mol. The number of halogens is 1. The van der Waals surface area contributed by atoms with Crippen LogP contribution in [0.1, 0.15) is 11.1 Å². The van der Waals surface area contributed by atoms with Gasteiger partial charge in [-0.2, -0.15) is 0 Å². The van der Waals surface area contributed by atoms with E-state index in [4.69, 9.17) is 0 Å². The lowest BCUT2D eigenvalue weighted by molar-refractivity contribution is -0.907. The van der Waals surface area contributed by atoms with Crippen LogP contribution in [0.3, 0.4) is 0 Å². The summed E-state index contributed by atoms with van der Waals surface area (Å²) in [6, 6.07) is 18.3. The van der Waals surface area contributed by atoms with Crippen LogP contribution in [0, 0.1) is 5.82 Å². The predicted octanol–water partition coefficient (Wildman–Crippen LogP) is 2.90. The van der Waals surface area contributed by atoms with E-state index in [9.17, 15) is 9.50 Å². The van der Waals surface area contributed by atoms with E-state index >= 15 is 0 Å². The second kappa shape index (κ2) is 6.16. The number of hydrogen-bond donors (Lipinski definition) is 2. The molecule has 0 radical (unpaired) electrons. The zero-order chi connectivity index (χ0) is 15.5. The number of hydrogen-bond acceptors (Lipinski definition) is 1. The van der Waals surface area contributed by atoms with Gasteiger partial charge >= 0.3 is 0 Å². The van der Waals surface area contributed by atoms with Gasteiger partial charge in [-0.15, -0.1) is 0 Å². The Morgan fingerprint density at radius 2 is 1.64 bits per heavy atom. The highest BCUT2D eigenvalue weighted by Gasteiger charge is 2.12. The van der Waals surface area contributed by atoms with Crippen LogP contribution in [-0.4, -0.2) is 12.2 Å². The van der Waals surface area contributed by atoms with Crippen LogP contribution in [0.2, 0.25) is 0 Å². The summed E-state index contributed by atoms with van der Waals surface area (Å²) in [5.74, 6) is 0.116. The molecule has 0 aliphatic heterocycles. The number of nitrogens with one attached hydrogen (secondary N) is 1. The molecule has 2 N–H and O–H groups in total. The highest BCUT2D eigenvalue weighted by Crippen LogP contribution is 2.26. The van der Waals surface area contributed by atoms with Crippen molar-refractivity contribution < 1.29 is 14.4 Å². The van der Waals surface area contributed by atoms with Gasteiger partial charge in [-0.3, -0.25) is 0 Å². The van der Waals surface area contributed by atoms with E-state index in [1.807, 2.05) is 42.5 Å². The first-order valence-corrected chi connectivity index (χ1v) is 7.39. The molecule has 0 aromatic heterocycles. The smallest absolute Gasteiger partial charge is 0.125 e. The first-order valence-electron chi connectivity index (χ1n) is 7.39. The van der Waals surface area contributed by atoms with Gasteiger partial charge in [-0.05, 0) is 29.0 Å². The van der Waals surface area contributed by atoms with Crippen LogP contribution < -0.4 is 4.90 Å². The summed E-state index contributed by atoms with van der Waals surface area (Å²) in [5.41, 5.74) is 2.04. The Bertz CT molecular complexity index is 783. The maximum absolute atomic E-state index is 13.0. The standard InChI is InChI=1S/C19H18FNO/c1-21(12-14-6-9-16(20)10-7-14)13-18-17-5-3-2-4-15(17)8-11-19(18)22/h2-11,22H,12-13H2,1H3/p+1. The first kappa shape index (κ1) is 14.5. The number of quaternary nitrogens is 1. The van der Waals surface area contributed by atoms with Gasteiger partial charge in [-0.1, -0.05) is 42.5 Å². The SMILES string of the molecule is C[NH+](Cc1ccc(F)cc1)Cc1c(O)ccc2ccccc12. The third kappa shape index (κ3) is 3.10. The second-order valence-electron chi connectivity index (χ2n) is 5.72. The average Bonchev–Trinajstić information content (AvgIpc) is 2.52. The fourth-order valence-electron chi connectivity index (χ4n) is 2.83. The minimum atomic E-state index is -0.215. The van der Waals surface area contributed by atoms with Gasteiger partial charge in [0, 0.05) is 5.56 Å². The fraction of sp³-hybridized carbons (Fsp3) is 0.158. The van der Waals surface area contributed by atoms with Crippen molar-refractivity contribution in [1.29, 1.82) is 0 Å². The van der Waals surface area contributed by atoms with Crippen LogP contribution in [0.15, 0.2) is 60.7 Å². The highest BCUT2D eigenvalue weighted by molar-refractivity contribution is 5.87. The van der Waals surface area contributed by atoms with Crippen LogP contribution in [0.5, 0.6) is 5.75 Å². The summed E-state index contributed by atoms with van der Waals surface area (Å²) >= 11 is 0. The molecule has 3 aromatic rings. The second-order valence-corrected chi connectivity index (χ2v) is 5.72. The Morgan fingerprint density at radius 1 is 0.909 bits per heavy atom. The molecule has 0 aliphatic carbocycles. The molecule has 0 heterocycles. The Morgan fingerprint density at radius 3 is 2.41 bits per heavy atom. The predicted molar refractivity (Wildman–Crippen MR) is 86.3 cm³/mol. The van der Waals surface area contributed by atoms with Crippen molar-refractivity contribution in [2.24, 2.45) is 0 Å². The molecule has 0 saturated heterocycles. The number of rotatable bonds is 4. The number of aromatic hydroxyl groups is 1. The van der Waals surface area contributed by atoms with Gasteiger partial charge in [0.15, 0.2) is 0 Å². The molecular weight excluding hydrogens is 277 g/mol. The summed E-state index contributed by atoms with van der Waals surface area (Å²) in [5, 5.41) is 12.4. The van der Waals surface area contributed by atoms with Gasteiger partial charge in [0.1, 0.15) is 24.7 Å². The van der Waals surface area contributed by atoms with E-state index < -0.39 is 0 Å². The molecule has 3 aromatic carbocycles. The van der Waals surface area contributed by atoms with Crippen molar-refractivity contribution in [1.82, 2.24) is 0 Å². The maximum Gasteiger partial charge on any atom is 0.125 e. The third-order valence-electron chi connectivity index (χ3n) is 3.91. The van der Waals surface area contributed by atoms with E-state index in [1.165, 1.54) is 17.0 Å². The molecule has 2 nitrogen and oxygen atoms in total. The number of fused-ring (bicyclic) bond motifs is 1. The first-order chi connectivity index (χ1) is 10.6. The lowest BCUT2D eigenvalue weighted by Gasteiger charge is -2.16. The molecule has 0 spiro atoms. The molecule has 0 fully saturated rings. The minimum absolute atomic E-state index is 0.215. The van der Waals surface area contributed by atoms with Crippen LogP contribution in [-0.2, 0) is 13.1 Å². The molecule has 0 amide bonds. The summed E-state index contributed by atoms with van der Waals surface area (Å²) in [6.45, 7) is 1.49. The zero-order valence-electron chi connectivity index (χ0n) is 12.5. The topological polar surface area (TPSA) is 24.7 Å². The normalized spacial score (nSPS) is 12.5. The van der Waals surface area contributed by atoms with Gasteiger partial charge < -0.3 is 10.0 Å². The summed E-state index contributed by atoms with van der Waals surface area (Å²) in [7, 11) is 2.07. The van der Waals surface area contributed by atoms with Crippen molar-refractivity contribution >= 4 is 10.8 Å². The molecule has 3 heteroatoms. The van der Waals surface area contributed by atoms with E-state index in [-0.39, 0.29) is 5.82 Å². The molecular formula is C19H19FNO+. The monoisotopic (exact) mass is 296 g/mol. The van der Waals surface area contributed by atoms with Gasteiger partial charge in [-0.25, -0.2) is 4.39 Å². The van der Waals surface area contributed by atoms with E-state index in [2.05, 4.69) is 7.05 Å². The summed E-state index contributed by atoms with van der Waals surface area (Å²) in [6.07, 6.45) is 0. The molecule has 1 atom stereocenters. The Labute approximate surface area is 129 Å². The number of phenols is 1.